The Morgan fingerprint density at radius 1 is 0.737 bits per heavy atom. The van der Waals surface area contributed by atoms with Crippen molar-refractivity contribution in [3.63, 3.8) is 0 Å². The first-order valence-electron chi connectivity index (χ1n) is 6.37. The third-order valence-corrected chi connectivity index (χ3v) is 3.05. The molecule has 0 radical (unpaired) electrons. The summed E-state index contributed by atoms with van der Waals surface area (Å²) in [4.78, 5) is 2.10. The van der Waals surface area contributed by atoms with Crippen molar-refractivity contribution in [1.29, 1.82) is 0 Å². The highest BCUT2D eigenvalue weighted by Gasteiger charge is 1.93. The van der Waals surface area contributed by atoms with Gasteiger partial charge in [-0.2, -0.15) is 0 Å². The quantitative estimate of drug-likeness (QED) is 0.718. The van der Waals surface area contributed by atoms with Gasteiger partial charge >= 0.3 is 0 Å². The summed E-state index contributed by atoms with van der Waals surface area (Å²) in [5.41, 5.74) is 4.76. The zero-order valence-electron chi connectivity index (χ0n) is 11.5. The summed E-state index contributed by atoms with van der Waals surface area (Å²) in [6.45, 7) is 3.75. The topological polar surface area (TPSA) is 3.24 Å². The maximum Gasteiger partial charge on any atom is 0.0361 e. The second-order valence-electron chi connectivity index (χ2n) is 4.69. The zero-order valence-corrected chi connectivity index (χ0v) is 11.5. The predicted molar refractivity (Wildman–Crippen MR) is 86.2 cm³/mol. The molecule has 0 aliphatic carbocycles. The maximum absolute atomic E-state index is 3.75. The van der Waals surface area contributed by atoms with Crippen molar-refractivity contribution in [3.8, 4) is 0 Å². The lowest BCUT2D eigenvalue weighted by atomic mass is 10.1. The minimum atomic E-state index is 1.15. The molecule has 0 N–H and O–H groups in total. The monoisotopic (exact) mass is 249 g/mol. The lowest BCUT2D eigenvalue weighted by Gasteiger charge is -2.11. The lowest BCUT2D eigenvalue weighted by molar-refractivity contribution is 1.13. The van der Waals surface area contributed by atoms with Crippen molar-refractivity contribution in [2.75, 3.05) is 19.0 Å². The fourth-order valence-corrected chi connectivity index (χ4v) is 1.82. The van der Waals surface area contributed by atoms with Gasteiger partial charge in [0.15, 0.2) is 0 Å². The lowest BCUT2D eigenvalue weighted by Crippen LogP contribution is -2.07. The zero-order chi connectivity index (χ0) is 13.7. The molecule has 0 saturated carbocycles. The van der Waals surface area contributed by atoms with Crippen molar-refractivity contribution < 1.29 is 0 Å². The van der Waals surface area contributed by atoms with E-state index in [-0.39, 0.29) is 0 Å². The average Bonchev–Trinajstić information content (AvgIpc) is 2.46. The Bertz CT molecular complexity index is 560. The minimum Gasteiger partial charge on any atom is -0.378 e. The average molecular weight is 249 g/mol. The van der Waals surface area contributed by atoms with E-state index in [1.165, 1.54) is 16.8 Å². The van der Waals surface area contributed by atoms with Crippen LogP contribution in [0.3, 0.4) is 0 Å². The van der Waals surface area contributed by atoms with Gasteiger partial charge in [0.05, 0.1) is 0 Å². The van der Waals surface area contributed by atoms with Gasteiger partial charge in [-0.15, -0.1) is 0 Å². The van der Waals surface area contributed by atoms with Gasteiger partial charge in [0.25, 0.3) is 0 Å². The van der Waals surface area contributed by atoms with E-state index in [0.29, 0.717) is 0 Å². The molecule has 2 rings (SSSR count). The first-order valence-corrected chi connectivity index (χ1v) is 6.37. The van der Waals surface area contributed by atoms with Crippen LogP contribution in [0.5, 0.6) is 0 Å². The standard InChI is InChI=1S/C18H19N/c1-4-15-5-7-16(8-6-15)9-10-17-11-13-18(14-12-17)19(2)3/h4-14H,1H2,2-3H3/b10-9+. The highest BCUT2D eigenvalue weighted by atomic mass is 15.1. The third-order valence-electron chi connectivity index (χ3n) is 3.05. The summed E-state index contributed by atoms with van der Waals surface area (Å²) in [5.74, 6) is 0. The number of benzene rings is 2. The van der Waals surface area contributed by atoms with Crippen molar-refractivity contribution in [3.05, 3.63) is 71.8 Å². The van der Waals surface area contributed by atoms with Gasteiger partial charge in [-0.25, -0.2) is 0 Å². The number of nitrogens with zero attached hydrogens (tertiary/aromatic N) is 1. The predicted octanol–water partition coefficient (Wildman–Crippen LogP) is 4.57. The summed E-state index contributed by atoms with van der Waals surface area (Å²) < 4.78 is 0. The first kappa shape index (κ1) is 13.2. The summed E-state index contributed by atoms with van der Waals surface area (Å²) in [7, 11) is 4.10. The molecule has 0 amide bonds. The van der Waals surface area contributed by atoms with E-state index in [9.17, 15) is 0 Å². The van der Waals surface area contributed by atoms with Crippen LogP contribution in [0, 0.1) is 0 Å². The molecule has 2 aromatic rings. The summed E-state index contributed by atoms with van der Waals surface area (Å²) >= 11 is 0. The van der Waals surface area contributed by atoms with Gasteiger partial charge in [-0.3, -0.25) is 0 Å². The van der Waals surface area contributed by atoms with Gasteiger partial charge in [0.1, 0.15) is 0 Å². The molecule has 0 bridgehead atoms. The Morgan fingerprint density at radius 3 is 1.58 bits per heavy atom. The maximum atomic E-state index is 3.75. The van der Waals surface area contributed by atoms with E-state index in [4.69, 9.17) is 0 Å². The fourth-order valence-electron chi connectivity index (χ4n) is 1.82. The molecule has 0 atom stereocenters. The molecule has 0 unspecified atom stereocenters. The van der Waals surface area contributed by atoms with Crippen LogP contribution < -0.4 is 4.90 Å². The van der Waals surface area contributed by atoms with E-state index < -0.39 is 0 Å². The van der Waals surface area contributed by atoms with Crippen molar-refractivity contribution in [2.24, 2.45) is 0 Å². The molecule has 96 valence electrons. The molecular weight excluding hydrogens is 230 g/mol. The molecule has 19 heavy (non-hydrogen) atoms. The van der Waals surface area contributed by atoms with Crippen LogP contribution in [0.4, 0.5) is 5.69 Å². The molecule has 0 aliphatic rings. The molecule has 1 heteroatoms. The van der Waals surface area contributed by atoms with Crippen LogP contribution in [-0.2, 0) is 0 Å². The first-order chi connectivity index (χ1) is 9.19. The molecule has 0 aliphatic heterocycles. The van der Waals surface area contributed by atoms with E-state index >= 15 is 0 Å². The van der Waals surface area contributed by atoms with Gasteiger partial charge < -0.3 is 4.90 Å². The largest absolute Gasteiger partial charge is 0.378 e. The van der Waals surface area contributed by atoms with Crippen LogP contribution in [0.25, 0.3) is 18.2 Å². The van der Waals surface area contributed by atoms with Crippen LogP contribution in [0.15, 0.2) is 55.1 Å². The van der Waals surface area contributed by atoms with E-state index in [1.807, 2.05) is 20.2 Å². The molecule has 0 heterocycles. The molecule has 0 saturated heterocycles. The fraction of sp³-hybridized carbons (Fsp3) is 0.111. The summed E-state index contributed by atoms with van der Waals surface area (Å²) in [6, 6.07) is 16.8. The number of hydrogen-bond donors (Lipinski definition) is 0. The highest BCUT2D eigenvalue weighted by Crippen LogP contribution is 2.15. The molecule has 1 nitrogen and oxygen atoms in total. The second-order valence-corrected chi connectivity index (χ2v) is 4.69. The van der Waals surface area contributed by atoms with E-state index in [2.05, 4.69) is 72.2 Å². The van der Waals surface area contributed by atoms with Crippen LogP contribution in [-0.4, -0.2) is 14.1 Å². The van der Waals surface area contributed by atoms with Crippen LogP contribution in [0.2, 0.25) is 0 Å². The Kier molecular flexibility index (Phi) is 4.19. The summed E-state index contributed by atoms with van der Waals surface area (Å²) in [6.07, 6.45) is 6.10. The molecule has 2 aromatic carbocycles. The Hall–Kier alpha value is -2.28. The minimum absolute atomic E-state index is 1.15. The second kappa shape index (κ2) is 6.05. The van der Waals surface area contributed by atoms with Crippen LogP contribution >= 0.6 is 0 Å². The number of hydrogen-bond acceptors (Lipinski definition) is 1. The van der Waals surface area contributed by atoms with Crippen molar-refractivity contribution in [2.45, 2.75) is 0 Å². The van der Waals surface area contributed by atoms with Gasteiger partial charge in [-0.05, 0) is 28.8 Å². The SMILES string of the molecule is C=Cc1ccc(/C=C/c2ccc(N(C)C)cc2)cc1. The normalized spacial score (nSPS) is 10.6. The van der Waals surface area contributed by atoms with Crippen LogP contribution in [0.1, 0.15) is 16.7 Å². The Balaban J connectivity index is 2.10. The smallest absolute Gasteiger partial charge is 0.0361 e. The third kappa shape index (κ3) is 3.59. The van der Waals surface area contributed by atoms with E-state index in [0.717, 1.165) is 5.56 Å². The molecular formula is C18H19N. The van der Waals surface area contributed by atoms with Gasteiger partial charge in [0, 0.05) is 19.8 Å². The van der Waals surface area contributed by atoms with E-state index in [1.54, 1.807) is 0 Å². The number of anilines is 1. The Labute approximate surface area is 115 Å². The van der Waals surface area contributed by atoms with Gasteiger partial charge in [-0.1, -0.05) is 61.2 Å². The number of rotatable bonds is 4. The molecule has 0 spiro atoms. The molecule has 0 fully saturated rings. The van der Waals surface area contributed by atoms with Gasteiger partial charge in [0.2, 0.25) is 0 Å². The summed E-state index contributed by atoms with van der Waals surface area (Å²) in [5, 5.41) is 0. The molecule has 0 aromatic heterocycles. The Morgan fingerprint density at radius 2 is 1.16 bits per heavy atom. The van der Waals surface area contributed by atoms with Crippen molar-refractivity contribution in [1.82, 2.24) is 0 Å². The highest BCUT2D eigenvalue weighted by molar-refractivity contribution is 5.71. The van der Waals surface area contributed by atoms with Crippen molar-refractivity contribution >= 4 is 23.9 Å².